The molecule has 1 N–H and O–H groups in total. The first-order valence-corrected chi connectivity index (χ1v) is 8.60. The van der Waals surface area contributed by atoms with Crippen molar-refractivity contribution >= 4 is 24.5 Å². The van der Waals surface area contributed by atoms with E-state index in [1.54, 1.807) is 0 Å². The summed E-state index contributed by atoms with van der Waals surface area (Å²) in [7, 11) is -0.443. The second-order valence-electron chi connectivity index (χ2n) is 7.91. The van der Waals surface area contributed by atoms with E-state index in [2.05, 4.69) is 31.6 Å². The predicted molar refractivity (Wildman–Crippen MR) is 95.6 cm³/mol. The molecule has 0 bridgehead atoms. The van der Waals surface area contributed by atoms with Crippen LogP contribution in [0.3, 0.4) is 0 Å². The number of benzene rings is 1. The van der Waals surface area contributed by atoms with Crippen LogP contribution >= 0.6 is 11.9 Å². The van der Waals surface area contributed by atoms with Crippen LogP contribution in [0.4, 0.5) is 0 Å². The van der Waals surface area contributed by atoms with Gasteiger partial charge in [-0.2, -0.15) is 5.26 Å². The summed E-state index contributed by atoms with van der Waals surface area (Å²) in [6.07, 6.45) is 0. The number of nitriles is 1. The van der Waals surface area contributed by atoms with Crippen LogP contribution in [-0.2, 0) is 9.31 Å². The van der Waals surface area contributed by atoms with E-state index in [1.807, 2.05) is 45.9 Å². The topological polar surface area (TPSA) is 54.3 Å². The minimum atomic E-state index is -0.443. The van der Waals surface area contributed by atoms with Crippen LogP contribution in [0.1, 0.15) is 54.0 Å². The van der Waals surface area contributed by atoms with Crippen molar-refractivity contribution in [3.8, 4) is 6.07 Å². The van der Waals surface area contributed by atoms with E-state index in [9.17, 15) is 5.26 Å². The van der Waals surface area contributed by atoms with Crippen molar-refractivity contribution in [3.63, 3.8) is 0 Å². The van der Waals surface area contributed by atoms with Gasteiger partial charge in [0, 0.05) is 10.4 Å². The highest BCUT2D eigenvalue weighted by Gasteiger charge is 2.51. The van der Waals surface area contributed by atoms with Gasteiger partial charge in [0.2, 0.25) is 0 Å². The normalized spacial score (nSPS) is 19.7. The summed E-state index contributed by atoms with van der Waals surface area (Å²) in [5.74, 6) is 0. The third kappa shape index (κ3) is 4.10. The van der Waals surface area contributed by atoms with Crippen LogP contribution in [0.25, 0.3) is 0 Å². The molecule has 0 unspecified atom stereocenters. The maximum atomic E-state index is 9.45. The van der Waals surface area contributed by atoms with Gasteiger partial charge in [-0.3, -0.25) is 4.72 Å². The molecule has 2 rings (SSSR count). The van der Waals surface area contributed by atoms with Gasteiger partial charge in [0.1, 0.15) is 6.07 Å². The molecule has 0 saturated carbocycles. The van der Waals surface area contributed by atoms with Crippen molar-refractivity contribution in [1.82, 2.24) is 4.72 Å². The molecular weight excluding hydrogens is 307 g/mol. The Morgan fingerprint density at radius 1 is 1.13 bits per heavy atom. The van der Waals surface area contributed by atoms with E-state index in [4.69, 9.17) is 9.31 Å². The van der Waals surface area contributed by atoms with E-state index in [0.29, 0.717) is 5.56 Å². The Hall–Kier alpha value is -0.995. The summed E-state index contributed by atoms with van der Waals surface area (Å²) in [5.41, 5.74) is 0.707. The third-order valence-electron chi connectivity index (χ3n) is 4.12. The average molecular weight is 332 g/mol. The molecule has 1 saturated heterocycles. The van der Waals surface area contributed by atoms with Crippen molar-refractivity contribution < 1.29 is 9.31 Å². The molecule has 0 radical (unpaired) electrons. The zero-order chi connectivity index (χ0) is 17.5. The molecule has 1 aliphatic rings. The first kappa shape index (κ1) is 18.3. The van der Waals surface area contributed by atoms with E-state index in [-0.39, 0.29) is 16.7 Å². The zero-order valence-corrected chi connectivity index (χ0v) is 15.8. The fourth-order valence-corrected chi connectivity index (χ4v) is 2.82. The highest BCUT2D eigenvalue weighted by molar-refractivity contribution is 7.97. The minimum Gasteiger partial charge on any atom is -0.399 e. The van der Waals surface area contributed by atoms with Gasteiger partial charge in [0.15, 0.2) is 0 Å². The molecule has 4 nitrogen and oxygen atoms in total. The summed E-state index contributed by atoms with van der Waals surface area (Å²) >= 11 is 1.48. The van der Waals surface area contributed by atoms with Gasteiger partial charge >= 0.3 is 7.12 Å². The van der Waals surface area contributed by atoms with E-state index in [0.717, 1.165) is 10.4 Å². The maximum Gasteiger partial charge on any atom is 0.494 e. The van der Waals surface area contributed by atoms with Crippen molar-refractivity contribution in [2.24, 2.45) is 0 Å². The number of hydrogen-bond acceptors (Lipinski definition) is 5. The Kier molecular flexibility index (Phi) is 4.90. The summed E-state index contributed by atoms with van der Waals surface area (Å²) < 4.78 is 15.4. The molecule has 1 fully saturated rings. The molecule has 0 amide bonds. The summed E-state index contributed by atoms with van der Waals surface area (Å²) in [5, 5.41) is 9.45. The van der Waals surface area contributed by atoms with Gasteiger partial charge in [-0.1, -0.05) is 6.07 Å². The molecule has 1 heterocycles. The second-order valence-corrected chi connectivity index (χ2v) is 8.76. The zero-order valence-electron chi connectivity index (χ0n) is 15.0. The minimum absolute atomic E-state index is 0.0260. The van der Waals surface area contributed by atoms with E-state index >= 15 is 0 Å². The molecule has 1 aromatic rings. The third-order valence-corrected chi connectivity index (χ3v) is 5.41. The molecule has 6 heteroatoms. The first-order chi connectivity index (χ1) is 10.5. The SMILES string of the molecule is CC(C)(C)NSc1ccc(B2OC(C)(C)C(C)(C)O2)cc1C#N. The summed E-state index contributed by atoms with van der Waals surface area (Å²) in [6, 6.07) is 8.04. The molecule has 1 aromatic carbocycles. The predicted octanol–water partition coefficient (Wildman–Crippen LogP) is 3.25. The largest absolute Gasteiger partial charge is 0.494 e. The van der Waals surface area contributed by atoms with E-state index < -0.39 is 7.12 Å². The lowest BCUT2D eigenvalue weighted by atomic mass is 9.78. The lowest BCUT2D eigenvalue weighted by Crippen LogP contribution is -2.41. The number of hydrogen-bond donors (Lipinski definition) is 1. The molecule has 0 aromatic heterocycles. The van der Waals surface area contributed by atoms with Gasteiger partial charge in [0.25, 0.3) is 0 Å². The lowest BCUT2D eigenvalue weighted by molar-refractivity contribution is 0.00578. The van der Waals surface area contributed by atoms with Crippen LogP contribution in [0, 0.1) is 11.3 Å². The lowest BCUT2D eigenvalue weighted by Gasteiger charge is -2.32. The monoisotopic (exact) mass is 332 g/mol. The van der Waals surface area contributed by atoms with Gasteiger partial charge in [-0.15, -0.1) is 0 Å². The van der Waals surface area contributed by atoms with Crippen LogP contribution in [0.5, 0.6) is 0 Å². The summed E-state index contributed by atoms with van der Waals surface area (Å²) in [4.78, 5) is 0.905. The van der Waals surface area contributed by atoms with Gasteiger partial charge < -0.3 is 9.31 Å². The highest BCUT2D eigenvalue weighted by Crippen LogP contribution is 2.36. The second kappa shape index (κ2) is 6.14. The fraction of sp³-hybridized carbons (Fsp3) is 0.588. The standard InChI is InChI=1S/C17H25BN2O2S/c1-15(2,3)20-23-14-9-8-13(10-12(14)11-19)18-21-16(4,5)17(6,7)22-18/h8-10,20H,1-7H3. The Balaban J connectivity index is 2.22. The smallest absolute Gasteiger partial charge is 0.399 e. The number of rotatable bonds is 3. The highest BCUT2D eigenvalue weighted by atomic mass is 32.2. The van der Waals surface area contributed by atoms with Crippen molar-refractivity contribution in [2.75, 3.05) is 0 Å². The van der Waals surface area contributed by atoms with Gasteiger partial charge in [0.05, 0.1) is 16.8 Å². The first-order valence-electron chi connectivity index (χ1n) is 7.79. The van der Waals surface area contributed by atoms with E-state index in [1.165, 1.54) is 11.9 Å². The molecule has 0 aliphatic carbocycles. The number of nitrogens with one attached hydrogen (secondary N) is 1. The fourth-order valence-electron chi connectivity index (χ4n) is 2.06. The van der Waals surface area contributed by atoms with Crippen molar-refractivity contribution in [2.45, 2.75) is 70.1 Å². The van der Waals surface area contributed by atoms with Crippen LogP contribution in [0.2, 0.25) is 0 Å². The molecule has 23 heavy (non-hydrogen) atoms. The Morgan fingerprint density at radius 2 is 1.70 bits per heavy atom. The number of nitrogens with zero attached hydrogens (tertiary/aromatic N) is 1. The Morgan fingerprint density at radius 3 is 2.17 bits per heavy atom. The molecule has 0 spiro atoms. The van der Waals surface area contributed by atoms with Gasteiger partial charge in [-0.05, 0) is 78.0 Å². The molecular formula is C17H25BN2O2S. The summed E-state index contributed by atoms with van der Waals surface area (Å²) in [6.45, 7) is 14.4. The average Bonchev–Trinajstić information content (AvgIpc) is 2.64. The molecule has 1 aliphatic heterocycles. The quantitative estimate of drug-likeness (QED) is 0.680. The van der Waals surface area contributed by atoms with Crippen molar-refractivity contribution in [1.29, 1.82) is 5.26 Å². The van der Waals surface area contributed by atoms with Gasteiger partial charge in [-0.25, -0.2) is 0 Å². The van der Waals surface area contributed by atoms with Crippen molar-refractivity contribution in [3.05, 3.63) is 23.8 Å². The molecule has 124 valence electrons. The molecule has 0 atom stereocenters. The maximum absolute atomic E-state index is 9.45. The van der Waals surface area contributed by atoms with Crippen LogP contribution in [0.15, 0.2) is 23.1 Å². The van der Waals surface area contributed by atoms with Crippen LogP contribution < -0.4 is 10.2 Å². The van der Waals surface area contributed by atoms with Crippen LogP contribution in [-0.4, -0.2) is 23.9 Å². The Bertz CT molecular complexity index is 616. The Labute approximate surface area is 144 Å².